The molecule has 4 amide bonds. The van der Waals surface area contributed by atoms with E-state index in [-0.39, 0.29) is 0 Å². The van der Waals surface area contributed by atoms with E-state index in [0.717, 1.165) is 47.9 Å². The Morgan fingerprint density at radius 1 is 0.420 bits per heavy atom. The Morgan fingerprint density at radius 3 is 0.900 bits per heavy atom. The van der Waals surface area contributed by atoms with Gasteiger partial charge in [0.2, 0.25) is 0 Å². The molecular formula is C44H46N2O4. The molecule has 4 aliphatic rings. The topological polar surface area (TPSA) is 74.8 Å². The first-order valence-corrected chi connectivity index (χ1v) is 18.4. The van der Waals surface area contributed by atoms with Crippen molar-refractivity contribution >= 4 is 45.8 Å². The standard InChI is InChI=1S/C44H46N2O4/c1-21-17-31(29-13-9-10-14-29)18-22(2)39(21)45-41(47)33-25(5)27(7)35-38-36(28(8)26(6)34(37(33)38)42(45)48)44(50)46(43(35)49)40-23(3)19-32(20-24(40)4)30-15-11-12-16-30/h17-20,29-30H,9-16H2,1-8H3. The van der Waals surface area contributed by atoms with Gasteiger partial charge in [-0.2, -0.15) is 0 Å². The minimum atomic E-state index is -0.403. The van der Waals surface area contributed by atoms with Crippen molar-refractivity contribution in [2.75, 3.05) is 9.80 Å². The molecule has 0 spiro atoms. The molecule has 0 unspecified atom stereocenters. The van der Waals surface area contributed by atoms with Gasteiger partial charge in [0.1, 0.15) is 0 Å². The monoisotopic (exact) mass is 666 g/mol. The van der Waals surface area contributed by atoms with Gasteiger partial charge in [-0.25, -0.2) is 9.80 Å². The summed E-state index contributed by atoms with van der Waals surface area (Å²) in [6.07, 6.45) is 9.56. The van der Waals surface area contributed by atoms with E-state index >= 15 is 0 Å². The summed E-state index contributed by atoms with van der Waals surface area (Å²) in [6, 6.07) is 8.61. The van der Waals surface area contributed by atoms with Crippen LogP contribution < -0.4 is 9.80 Å². The molecule has 4 aromatic carbocycles. The van der Waals surface area contributed by atoms with E-state index in [4.69, 9.17) is 0 Å². The Kier molecular flexibility index (Phi) is 7.49. The zero-order chi connectivity index (χ0) is 35.5. The van der Waals surface area contributed by atoms with Crippen molar-refractivity contribution in [3.63, 3.8) is 0 Å². The van der Waals surface area contributed by atoms with E-state index in [2.05, 4.69) is 24.3 Å². The largest absolute Gasteiger partial charge is 0.268 e. The predicted molar refractivity (Wildman–Crippen MR) is 199 cm³/mol. The Balaban J connectivity index is 1.32. The number of rotatable bonds is 4. The van der Waals surface area contributed by atoms with Crippen molar-refractivity contribution < 1.29 is 19.2 Å². The molecule has 4 aromatic rings. The van der Waals surface area contributed by atoms with Gasteiger partial charge >= 0.3 is 0 Å². The van der Waals surface area contributed by atoms with Crippen LogP contribution in [0.25, 0.3) is 10.8 Å². The summed E-state index contributed by atoms with van der Waals surface area (Å²) >= 11 is 0. The molecular weight excluding hydrogens is 620 g/mol. The number of imide groups is 2. The lowest BCUT2D eigenvalue weighted by atomic mass is 9.77. The highest BCUT2D eigenvalue weighted by Crippen LogP contribution is 2.48. The van der Waals surface area contributed by atoms with Gasteiger partial charge in [0.15, 0.2) is 0 Å². The summed E-state index contributed by atoms with van der Waals surface area (Å²) in [5.74, 6) is -0.595. The Bertz CT molecular complexity index is 1960. The number of carbonyl (C=O) groups is 4. The molecule has 0 aromatic heterocycles. The minimum Gasteiger partial charge on any atom is -0.268 e. The van der Waals surface area contributed by atoms with Crippen molar-refractivity contribution in [2.24, 2.45) is 0 Å². The molecule has 0 atom stereocenters. The molecule has 8 rings (SSSR count). The fourth-order valence-electron chi connectivity index (χ4n) is 10.0. The minimum absolute atomic E-state index is 0.403. The maximum Gasteiger partial charge on any atom is 0.266 e. The van der Waals surface area contributed by atoms with E-state index < -0.39 is 23.6 Å². The van der Waals surface area contributed by atoms with Gasteiger partial charge < -0.3 is 0 Å². The molecule has 2 saturated carbocycles. The zero-order valence-corrected chi connectivity index (χ0v) is 30.6. The first-order chi connectivity index (χ1) is 23.8. The van der Waals surface area contributed by atoms with E-state index in [9.17, 15) is 19.2 Å². The molecule has 0 radical (unpaired) electrons. The number of hydrogen-bond donors (Lipinski definition) is 0. The second kappa shape index (κ2) is 11.5. The molecule has 2 aliphatic heterocycles. The highest BCUT2D eigenvalue weighted by molar-refractivity contribution is 6.44. The number of hydrogen-bond acceptors (Lipinski definition) is 4. The number of carbonyl (C=O) groups excluding carboxylic acids is 4. The Morgan fingerprint density at radius 2 is 0.660 bits per heavy atom. The van der Waals surface area contributed by atoms with Gasteiger partial charge in [0.05, 0.1) is 33.6 Å². The van der Waals surface area contributed by atoms with Crippen LogP contribution in [0, 0.1) is 55.4 Å². The summed E-state index contributed by atoms with van der Waals surface area (Å²) in [5, 5.41) is 0.883. The van der Waals surface area contributed by atoms with Gasteiger partial charge in [-0.1, -0.05) is 49.9 Å². The van der Waals surface area contributed by atoms with Gasteiger partial charge in [-0.15, -0.1) is 0 Å². The van der Waals surface area contributed by atoms with E-state index in [1.165, 1.54) is 46.6 Å². The fraction of sp³-hybridized carbons (Fsp3) is 0.409. The molecule has 6 nitrogen and oxygen atoms in total. The van der Waals surface area contributed by atoms with Crippen molar-refractivity contribution in [3.05, 3.63) is 102 Å². The molecule has 0 N–H and O–H groups in total. The van der Waals surface area contributed by atoms with Gasteiger partial charge in [-0.05, 0) is 149 Å². The van der Waals surface area contributed by atoms with Crippen molar-refractivity contribution in [1.29, 1.82) is 0 Å². The second-order valence-corrected chi connectivity index (χ2v) is 15.6. The van der Waals surface area contributed by atoms with Crippen LogP contribution in [0.1, 0.15) is 160 Å². The van der Waals surface area contributed by atoms with Crippen LogP contribution in [0.3, 0.4) is 0 Å². The van der Waals surface area contributed by atoms with Crippen LogP contribution in [0.5, 0.6) is 0 Å². The smallest absolute Gasteiger partial charge is 0.266 e. The number of aryl methyl sites for hydroxylation is 4. The highest BCUT2D eigenvalue weighted by Gasteiger charge is 2.46. The third-order valence-electron chi connectivity index (χ3n) is 12.7. The van der Waals surface area contributed by atoms with Crippen LogP contribution in [0.15, 0.2) is 24.3 Å². The van der Waals surface area contributed by atoms with Gasteiger partial charge in [0, 0.05) is 10.8 Å². The van der Waals surface area contributed by atoms with Crippen LogP contribution in [-0.4, -0.2) is 23.6 Å². The molecule has 6 heteroatoms. The number of benzene rings is 4. The van der Waals surface area contributed by atoms with Crippen LogP contribution >= 0.6 is 0 Å². The van der Waals surface area contributed by atoms with E-state index in [1.54, 1.807) is 0 Å². The SMILES string of the molecule is Cc1cc(C2CCCC2)cc(C)c1N1C(=O)c2c(C)c(C)c3c4c(c(C)c(C)c(c24)C1=O)C(=O)N(c1c(C)cc(C2CCCC2)cc1C)C3=O. The van der Waals surface area contributed by atoms with Crippen molar-refractivity contribution in [3.8, 4) is 0 Å². The van der Waals surface area contributed by atoms with Crippen LogP contribution in [0.4, 0.5) is 11.4 Å². The third-order valence-corrected chi connectivity index (χ3v) is 12.7. The van der Waals surface area contributed by atoms with Gasteiger partial charge in [0.25, 0.3) is 23.6 Å². The average Bonchev–Trinajstić information content (AvgIpc) is 3.80. The summed E-state index contributed by atoms with van der Waals surface area (Å²) in [5.41, 5.74) is 11.7. The van der Waals surface area contributed by atoms with Crippen LogP contribution in [-0.2, 0) is 0 Å². The lowest BCUT2D eigenvalue weighted by Crippen LogP contribution is -2.46. The average molecular weight is 667 g/mol. The summed E-state index contributed by atoms with van der Waals surface area (Å²) in [6.45, 7) is 15.4. The molecule has 2 fully saturated rings. The third kappa shape index (κ3) is 4.39. The quantitative estimate of drug-likeness (QED) is 0.203. The predicted octanol–water partition coefficient (Wildman–Crippen LogP) is 10.2. The number of anilines is 2. The zero-order valence-electron chi connectivity index (χ0n) is 30.6. The van der Waals surface area contributed by atoms with E-state index in [1.807, 2.05) is 55.4 Å². The molecule has 2 aliphatic carbocycles. The van der Waals surface area contributed by atoms with Crippen molar-refractivity contribution in [2.45, 2.75) is 119 Å². The number of amides is 4. The normalized spacial score (nSPS) is 18.1. The van der Waals surface area contributed by atoms with Gasteiger partial charge in [-0.3, -0.25) is 19.2 Å². The second-order valence-electron chi connectivity index (χ2n) is 15.6. The molecule has 50 heavy (non-hydrogen) atoms. The molecule has 256 valence electrons. The fourth-order valence-corrected chi connectivity index (χ4v) is 10.0. The molecule has 0 saturated heterocycles. The van der Waals surface area contributed by atoms with E-state index in [0.29, 0.717) is 78.5 Å². The summed E-state index contributed by atoms with van der Waals surface area (Å²) in [4.78, 5) is 61.8. The Hall–Kier alpha value is -4.58. The maximum atomic E-state index is 14.8. The number of nitrogens with zero attached hydrogens (tertiary/aromatic N) is 2. The van der Waals surface area contributed by atoms with Crippen molar-refractivity contribution in [1.82, 2.24) is 0 Å². The maximum absolute atomic E-state index is 14.8. The molecule has 2 heterocycles. The summed E-state index contributed by atoms with van der Waals surface area (Å²) in [7, 11) is 0. The first kappa shape index (κ1) is 32.6. The lowest BCUT2D eigenvalue weighted by Gasteiger charge is -2.37. The highest BCUT2D eigenvalue weighted by atomic mass is 16.2. The lowest BCUT2D eigenvalue weighted by molar-refractivity contribution is 0.0871. The Labute approximate surface area is 294 Å². The first-order valence-electron chi connectivity index (χ1n) is 18.4. The molecule has 0 bridgehead atoms. The van der Waals surface area contributed by atoms with Crippen LogP contribution in [0.2, 0.25) is 0 Å². The summed E-state index contributed by atoms with van der Waals surface area (Å²) < 4.78 is 0.